The van der Waals surface area contributed by atoms with E-state index in [4.69, 9.17) is 5.73 Å². The van der Waals surface area contributed by atoms with E-state index in [2.05, 4.69) is 13.0 Å². The lowest BCUT2D eigenvalue weighted by Crippen LogP contribution is -2.11. The van der Waals surface area contributed by atoms with Gasteiger partial charge in [0.1, 0.15) is 0 Å². The molecule has 0 saturated carbocycles. The van der Waals surface area contributed by atoms with Gasteiger partial charge >= 0.3 is 0 Å². The number of nitrogens with two attached hydrogens (primary N) is 1. The summed E-state index contributed by atoms with van der Waals surface area (Å²) in [7, 11) is 0. The normalized spacial score (nSPS) is 12.1. The van der Waals surface area contributed by atoms with Crippen LogP contribution in [-0.2, 0) is 4.79 Å². The Morgan fingerprint density at radius 3 is 1.19 bits per heavy atom. The largest absolute Gasteiger partial charge is 0.366 e. The second-order valence-corrected chi connectivity index (χ2v) is 9.86. The van der Waals surface area contributed by atoms with Crippen molar-refractivity contribution in [3.05, 3.63) is 23.8 Å². The van der Waals surface area contributed by atoms with Crippen molar-refractivity contribution in [2.45, 2.75) is 162 Å². The number of allylic oxidation sites excluding steroid dienone is 3. The highest BCUT2D eigenvalue weighted by Crippen LogP contribution is 2.15. The standard InChI is InChI=1S/C30H57NO/c1-3-4-5-6-7-8-9-10-11-12-13-14-15-16-17-18-19-20-21-22-23-24-25-26-27-28-29(2)30(31)32/h26-28H,3-25H2,1-2H3,(H2,31,32). The predicted molar refractivity (Wildman–Crippen MR) is 144 cm³/mol. The second kappa shape index (κ2) is 26.2. The Morgan fingerprint density at radius 2 is 0.875 bits per heavy atom. The van der Waals surface area contributed by atoms with E-state index in [1.807, 2.05) is 6.08 Å². The summed E-state index contributed by atoms with van der Waals surface area (Å²) < 4.78 is 0. The maximum Gasteiger partial charge on any atom is 0.244 e. The van der Waals surface area contributed by atoms with Crippen LogP contribution in [0.3, 0.4) is 0 Å². The molecule has 188 valence electrons. The van der Waals surface area contributed by atoms with Crippen LogP contribution in [0.15, 0.2) is 23.8 Å². The van der Waals surface area contributed by atoms with Gasteiger partial charge in [0.2, 0.25) is 5.91 Å². The summed E-state index contributed by atoms with van der Waals surface area (Å²) in [5.41, 5.74) is 5.82. The van der Waals surface area contributed by atoms with Crippen LogP contribution in [0.25, 0.3) is 0 Å². The number of rotatable bonds is 25. The van der Waals surface area contributed by atoms with Crippen molar-refractivity contribution >= 4 is 5.91 Å². The van der Waals surface area contributed by atoms with Crippen LogP contribution in [0, 0.1) is 0 Å². The Bertz CT molecular complexity index is 452. The number of primary amides is 1. The monoisotopic (exact) mass is 447 g/mol. The van der Waals surface area contributed by atoms with Crippen LogP contribution >= 0.6 is 0 Å². The third-order valence-electron chi connectivity index (χ3n) is 6.60. The lowest BCUT2D eigenvalue weighted by atomic mass is 10.0. The first kappa shape index (κ1) is 30.9. The van der Waals surface area contributed by atoms with Crippen LogP contribution < -0.4 is 5.73 Å². The fourth-order valence-corrected chi connectivity index (χ4v) is 4.26. The molecule has 0 aromatic carbocycles. The summed E-state index contributed by atoms with van der Waals surface area (Å²) in [6.45, 7) is 4.05. The first-order valence-corrected chi connectivity index (χ1v) is 14.3. The Balaban J connectivity index is 3.13. The van der Waals surface area contributed by atoms with E-state index in [1.165, 1.54) is 141 Å². The molecule has 0 aromatic heterocycles. The zero-order valence-corrected chi connectivity index (χ0v) is 22.0. The minimum Gasteiger partial charge on any atom is -0.366 e. The van der Waals surface area contributed by atoms with Gasteiger partial charge in [-0.15, -0.1) is 0 Å². The topological polar surface area (TPSA) is 43.1 Å². The molecular weight excluding hydrogens is 390 g/mol. The molecule has 0 fully saturated rings. The molecule has 0 unspecified atom stereocenters. The summed E-state index contributed by atoms with van der Waals surface area (Å²) in [6, 6.07) is 0. The Hall–Kier alpha value is -1.05. The van der Waals surface area contributed by atoms with Gasteiger partial charge in [0, 0.05) is 5.57 Å². The number of hydrogen-bond acceptors (Lipinski definition) is 1. The zero-order valence-electron chi connectivity index (χ0n) is 22.0. The van der Waals surface area contributed by atoms with E-state index in [-0.39, 0.29) is 5.91 Å². The minimum absolute atomic E-state index is 0.334. The van der Waals surface area contributed by atoms with Crippen molar-refractivity contribution in [3.63, 3.8) is 0 Å². The molecule has 32 heavy (non-hydrogen) atoms. The molecule has 0 saturated heterocycles. The third-order valence-corrected chi connectivity index (χ3v) is 6.60. The van der Waals surface area contributed by atoms with Gasteiger partial charge in [-0.25, -0.2) is 0 Å². The molecule has 0 bridgehead atoms. The van der Waals surface area contributed by atoms with E-state index in [1.54, 1.807) is 13.0 Å². The summed E-state index contributed by atoms with van der Waals surface area (Å²) in [6.07, 6.45) is 38.4. The fraction of sp³-hybridized carbons (Fsp3) is 0.833. The zero-order chi connectivity index (χ0) is 23.5. The summed E-state index contributed by atoms with van der Waals surface area (Å²) in [5.74, 6) is -0.334. The van der Waals surface area contributed by atoms with Gasteiger partial charge in [0.15, 0.2) is 0 Å². The van der Waals surface area contributed by atoms with E-state index >= 15 is 0 Å². The Morgan fingerprint density at radius 1 is 0.562 bits per heavy atom. The highest BCUT2D eigenvalue weighted by atomic mass is 16.1. The number of hydrogen-bond donors (Lipinski definition) is 1. The van der Waals surface area contributed by atoms with Crippen LogP contribution in [0.4, 0.5) is 0 Å². The summed E-state index contributed by atoms with van der Waals surface area (Å²) in [5, 5.41) is 0. The molecule has 0 aliphatic heterocycles. The van der Waals surface area contributed by atoms with E-state index < -0.39 is 0 Å². The Kier molecular flexibility index (Phi) is 25.3. The molecular formula is C30H57NO. The number of carbonyl (C=O) groups is 1. The molecule has 0 rings (SSSR count). The maximum atomic E-state index is 10.9. The van der Waals surface area contributed by atoms with Crippen LogP contribution in [0.5, 0.6) is 0 Å². The van der Waals surface area contributed by atoms with Gasteiger partial charge in [0.25, 0.3) is 0 Å². The van der Waals surface area contributed by atoms with Gasteiger partial charge in [-0.1, -0.05) is 160 Å². The molecule has 2 N–H and O–H groups in total. The van der Waals surface area contributed by atoms with Crippen molar-refractivity contribution in [1.82, 2.24) is 0 Å². The van der Waals surface area contributed by atoms with Crippen molar-refractivity contribution < 1.29 is 4.79 Å². The van der Waals surface area contributed by atoms with Gasteiger partial charge < -0.3 is 5.73 Å². The van der Waals surface area contributed by atoms with Crippen molar-refractivity contribution in [2.75, 3.05) is 0 Å². The molecule has 0 radical (unpaired) electrons. The highest BCUT2D eigenvalue weighted by Gasteiger charge is 1.96. The Labute approximate surface area is 201 Å². The number of amides is 1. The summed E-state index contributed by atoms with van der Waals surface area (Å²) in [4.78, 5) is 10.9. The third kappa shape index (κ3) is 25.2. The van der Waals surface area contributed by atoms with E-state index in [0.717, 1.165) is 6.42 Å². The molecule has 0 atom stereocenters. The van der Waals surface area contributed by atoms with E-state index in [0.29, 0.717) is 5.57 Å². The molecule has 2 nitrogen and oxygen atoms in total. The lowest BCUT2D eigenvalue weighted by molar-refractivity contribution is -0.114. The SMILES string of the molecule is CCCCCCCCCCCCCCCCCCCCCCCCC=CC=C(C)C(N)=O. The van der Waals surface area contributed by atoms with Crippen LogP contribution in [-0.4, -0.2) is 5.91 Å². The first-order valence-electron chi connectivity index (χ1n) is 14.3. The van der Waals surface area contributed by atoms with Crippen LogP contribution in [0.1, 0.15) is 162 Å². The molecule has 2 heteroatoms. The molecule has 1 amide bonds. The molecule has 0 heterocycles. The molecule has 0 aliphatic carbocycles. The smallest absolute Gasteiger partial charge is 0.244 e. The fourth-order valence-electron chi connectivity index (χ4n) is 4.26. The number of unbranched alkanes of at least 4 members (excludes halogenated alkanes) is 22. The average molecular weight is 448 g/mol. The van der Waals surface area contributed by atoms with Crippen molar-refractivity contribution in [3.8, 4) is 0 Å². The lowest BCUT2D eigenvalue weighted by Gasteiger charge is -2.04. The predicted octanol–water partition coefficient (Wildman–Crippen LogP) is 9.97. The minimum atomic E-state index is -0.334. The van der Waals surface area contributed by atoms with Gasteiger partial charge in [-0.05, 0) is 19.8 Å². The van der Waals surface area contributed by atoms with Crippen molar-refractivity contribution in [1.29, 1.82) is 0 Å². The molecule has 0 aromatic rings. The summed E-state index contributed by atoms with van der Waals surface area (Å²) >= 11 is 0. The van der Waals surface area contributed by atoms with Gasteiger partial charge in [0.05, 0.1) is 0 Å². The van der Waals surface area contributed by atoms with Crippen LogP contribution in [0.2, 0.25) is 0 Å². The molecule has 0 spiro atoms. The van der Waals surface area contributed by atoms with E-state index in [9.17, 15) is 4.79 Å². The van der Waals surface area contributed by atoms with Gasteiger partial charge in [-0.3, -0.25) is 4.79 Å². The van der Waals surface area contributed by atoms with Gasteiger partial charge in [-0.2, -0.15) is 0 Å². The maximum absolute atomic E-state index is 10.9. The van der Waals surface area contributed by atoms with Crippen molar-refractivity contribution in [2.24, 2.45) is 5.73 Å². The quantitative estimate of drug-likeness (QED) is 0.0844. The number of carbonyl (C=O) groups excluding carboxylic acids is 1. The second-order valence-electron chi connectivity index (χ2n) is 9.86. The first-order chi connectivity index (χ1) is 15.7. The average Bonchev–Trinajstić information content (AvgIpc) is 2.78. The highest BCUT2D eigenvalue weighted by molar-refractivity contribution is 5.91. The molecule has 0 aliphatic rings.